The van der Waals surface area contributed by atoms with Crippen molar-refractivity contribution in [2.75, 3.05) is 7.11 Å². The van der Waals surface area contributed by atoms with E-state index >= 15 is 0 Å². The Hall–Kier alpha value is -1.87. The lowest BCUT2D eigenvalue weighted by molar-refractivity contribution is 0.412. The van der Waals surface area contributed by atoms with Crippen molar-refractivity contribution in [3.8, 4) is 5.75 Å². The van der Waals surface area contributed by atoms with Gasteiger partial charge in [0.15, 0.2) is 0 Å². The van der Waals surface area contributed by atoms with E-state index in [0.717, 1.165) is 36.6 Å². The van der Waals surface area contributed by atoms with Crippen LogP contribution < -0.4 is 10.1 Å². The smallest absolute Gasteiger partial charge is 0.122 e. The summed E-state index contributed by atoms with van der Waals surface area (Å²) in [7, 11) is 1.68. The van der Waals surface area contributed by atoms with Crippen molar-refractivity contribution in [2.45, 2.75) is 33.4 Å². The highest BCUT2D eigenvalue weighted by Crippen LogP contribution is 2.13. The molecule has 0 aliphatic carbocycles. The maximum atomic E-state index is 5.26. The first-order chi connectivity index (χ1) is 9.71. The number of hydrogen-bond acceptors (Lipinski definition) is 3. The Labute approximate surface area is 121 Å². The van der Waals surface area contributed by atoms with Crippen molar-refractivity contribution < 1.29 is 4.74 Å². The number of methoxy groups -OCH3 is 1. The van der Waals surface area contributed by atoms with Crippen molar-refractivity contribution in [2.24, 2.45) is 0 Å². The molecule has 0 saturated carbocycles. The molecule has 0 fully saturated rings. The molecule has 0 bridgehead atoms. The summed E-state index contributed by atoms with van der Waals surface area (Å²) in [6, 6.07) is 12.6. The highest BCUT2D eigenvalue weighted by Gasteiger charge is 2.00. The fourth-order valence-electron chi connectivity index (χ4n) is 2.14. The zero-order valence-electron chi connectivity index (χ0n) is 12.4. The van der Waals surface area contributed by atoms with Crippen LogP contribution in [0.25, 0.3) is 0 Å². The second kappa shape index (κ2) is 7.06. The van der Waals surface area contributed by atoms with Gasteiger partial charge in [-0.2, -0.15) is 0 Å². The number of benzene rings is 1. The van der Waals surface area contributed by atoms with Crippen LogP contribution in [0, 0.1) is 6.92 Å². The molecule has 0 unspecified atom stereocenters. The SMILES string of the molecule is CCc1ccc(CNCc2cc(OC)cc(C)n2)cc1. The first-order valence-electron chi connectivity index (χ1n) is 7.01. The Kier molecular flexibility index (Phi) is 5.13. The summed E-state index contributed by atoms with van der Waals surface area (Å²) in [5.74, 6) is 0.863. The Bertz CT molecular complexity index is 549. The van der Waals surface area contributed by atoms with E-state index in [2.05, 4.69) is 41.5 Å². The molecule has 0 atom stereocenters. The zero-order chi connectivity index (χ0) is 14.4. The molecule has 106 valence electrons. The van der Waals surface area contributed by atoms with Gasteiger partial charge in [-0.15, -0.1) is 0 Å². The van der Waals surface area contributed by atoms with E-state index in [0.29, 0.717) is 0 Å². The number of pyridine rings is 1. The maximum absolute atomic E-state index is 5.26. The minimum Gasteiger partial charge on any atom is -0.497 e. The molecule has 1 N–H and O–H groups in total. The quantitative estimate of drug-likeness (QED) is 0.875. The van der Waals surface area contributed by atoms with Crippen LogP contribution in [0.3, 0.4) is 0 Å². The van der Waals surface area contributed by atoms with E-state index in [9.17, 15) is 0 Å². The van der Waals surface area contributed by atoms with Gasteiger partial charge in [-0.25, -0.2) is 0 Å². The molecule has 0 aliphatic rings. The number of nitrogens with zero attached hydrogens (tertiary/aromatic N) is 1. The number of rotatable bonds is 6. The molecule has 3 heteroatoms. The van der Waals surface area contributed by atoms with E-state index in [1.807, 2.05) is 19.1 Å². The maximum Gasteiger partial charge on any atom is 0.122 e. The van der Waals surface area contributed by atoms with Gasteiger partial charge in [0.2, 0.25) is 0 Å². The Morgan fingerprint density at radius 1 is 1.05 bits per heavy atom. The van der Waals surface area contributed by atoms with Gasteiger partial charge in [-0.3, -0.25) is 4.98 Å². The van der Waals surface area contributed by atoms with Gasteiger partial charge < -0.3 is 10.1 Å². The van der Waals surface area contributed by atoms with Crippen LogP contribution in [0.2, 0.25) is 0 Å². The van der Waals surface area contributed by atoms with Gasteiger partial charge in [0.25, 0.3) is 0 Å². The molecule has 1 heterocycles. The van der Waals surface area contributed by atoms with E-state index in [-0.39, 0.29) is 0 Å². The topological polar surface area (TPSA) is 34.1 Å². The molecule has 2 rings (SSSR count). The van der Waals surface area contributed by atoms with Crippen LogP contribution in [-0.4, -0.2) is 12.1 Å². The molecule has 1 aromatic heterocycles. The lowest BCUT2D eigenvalue weighted by Gasteiger charge is -2.08. The van der Waals surface area contributed by atoms with E-state index in [1.165, 1.54) is 11.1 Å². The minimum atomic E-state index is 0.744. The van der Waals surface area contributed by atoms with Crippen LogP contribution in [0.15, 0.2) is 36.4 Å². The number of nitrogens with one attached hydrogen (secondary N) is 1. The molecular weight excluding hydrogens is 248 g/mol. The Balaban J connectivity index is 1.90. The third kappa shape index (κ3) is 4.07. The second-order valence-corrected chi connectivity index (χ2v) is 4.91. The highest BCUT2D eigenvalue weighted by molar-refractivity contribution is 5.27. The Morgan fingerprint density at radius 3 is 2.40 bits per heavy atom. The van der Waals surface area contributed by atoms with Crippen LogP contribution in [-0.2, 0) is 19.5 Å². The highest BCUT2D eigenvalue weighted by atomic mass is 16.5. The normalized spacial score (nSPS) is 10.6. The Morgan fingerprint density at radius 2 is 1.75 bits per heavy atom. The van der Waals surface area contributed by atoms with Gasteiger partial charge in [0, 0.05) is 30.9 Å². The molecule has 20 heavy (non-hydrogen) atoms. The molecule has 0 radical (unpaired) electrons. The first kappa shape index (κ1) is 14.5. The van der Waals surface area contributed by atoms with Crippen molar-refractivity contribution in [1.29, 1.82) is 0 Å². The molecule has 1 aromatic carbocycles. The van der Waals surface area contributed by atoms with Crippen molar-refractivity contribution in [1.82, 2.24) is 10.3 Å². The van der Waals surface area contributed by atoms with E-state index in [1.54, 1.807) is 7.11 Å². The third-order valence-corrected chi connectivity index (χ3v) is 3.28. The second-order valence-electron chi connectivity index (χ2n) is 4.91. The fourth-order valence-corrected chi connectivity index (χ4v) is 2.14. The van der Waals surface area contributed by atoms with Gasteiger partial charge in [-0.05, 0) is 24.5 Å². The number of hydrogen-bond donors (Lipinski definition) is 1. The molecular formula is C17H22N2O. The summed E-state index contributed by atoms with van der Waals surface area (Å²) >= 11 is 0. The molecule has 0 saturated heterocycles. The summed E-state index contributed by atoms with van der Waals surface area (Å²) in [5, 5.41) is 3.42. The van der Waals surface area contributed by atoms with Gasteiger partial charge >= 0.3 is 0 Å². The van der Waals surface area contributed by atoms with Crippen LogP contribution in [0.1, 0.15) is 29.4 Å². The van der Waals surface area contributed by atoms with Crippen LogP contribution >= 0.6 is 0 Å². The van der Waals surface area contributed by atoms with Crippen molar-refractivity contribution >= 4 is 0 Å². The predicted octanol–water partition coefficient (Wildman–Crippen LogP) is 3.25. The number of ether oxygens (including phenoxy) is 1. The van der Waals surface area contributed by atoms with Gasteiger partial charge in [0.1, 0.15) is 5.75 Å². The molecule has 3 nitrogen and oxygen atoms in total. The van der Waals surface area contributed by atoms with Crippen molar-refractivity contribution in [3.63, 3.8) is 0 Å². The average Bonchev–Trinajstić information content (AvgIpc) is 2.47. The standard InChI is InChI=1S/C17H22N2O/c1-4-14-5-7-15(8-6-14)11-18-12-16-10-17(20-3)9-13(2)19-16/h5-10,18H,4,11-12H2,1-3H3. The molecule has 2 aromatic rings. The minimum absolute atomic E-state index is 0.744. The third-order valence-electron chi connectivity index (χ3n) is 3.28. The summed E-state index contributed by atoms with van der Waals surface area (Å²) in [6.45, 7) is 5.75. The molecule has 0 amide bonds. The molecule has 0 spiro atoms. The summed E-state index contributed by atoms with van der Waals surface area (Å²) in [6.07, 6.45) is 1.08. The average molecular weight is 270 g/mol. The summed E-state index contributed by atoms with van der Waals surface area (Å²) in [5.41, 5.74) is 4.65. The molecule has 0 aliphatic heterocycles. The largest absolute Gasteiger partial charge is 0.497 e. The van der Waals surface area contributed by atoms with E-state index in [4.69, 9.17) is 4.74 Å². The van der Waals surface area contributed by atoms with Gasteiger partial charge in [-0.1, -0.05) is 31.2 Å². The van der Waals surface area contributed by atoms with Crippen molar-refractivity contribution in [3.05, 3.63) is 58.9 Å². The lowest BCUT2D eigenvalue weighted by atomic mass is 10.1. The van der Waals surface area contributed by atoms with E-state index < -0.39 is 0 Å². The monoisotopic (exact) mass is 270 g/mol. The zero-order valence-corrected chi connectivity index (χ0v) is 12.4. The van der Waals surface area contributed by atoms with Gasteiger partial charge in [0.05, 0.1) is 12.8 Å². The summed E-state index contributed by atoms with van der Waals surface area (Å²) < 4.78 is 5.26. The van der Waals surface area contributed by atoms with Crippen LogP contribution in [0.5, 0.6) is 5.75 Å². The van der Waals surface area contributed by atoms with Crippen LogP contribution in [0.4, 0.5) is 0 Å². The summed E-state index contributed by atoms with van der Waals surface area (Å²) in [4.78, 5) is 4.50. The number of aryl methyl sites for hydroxylation is 2. The number of aromatic nitrogens is 1. The first-order valence-corrected chi connectivity index (χ1v) is 7.01. The fraction of sp³-hybridized carbons (Fsp3) is 0.353. The predicted molar refractivity (Wildman–Crippen MR) is 81.9 cm³/mol. The lowest BCUT2D eigenvalue weighted by Crippen LogP contribution is -2.14.